The standard InChI is InChI=1S/C26H29ClN2O6S/c1-16-9-21(27)20-11-23(29(4)22(20)10-16)25(31)28-17(2)18-5-7-19(8-6-18)36(32,33)12-24(30)35-15-26(3)13-34-14-26/h5-11,17H,12-15H2,1-4H3,(H,28,31). The molecule has 0 bridgehead atoms. The van der Waals surface area contributed by atoms with Gasteiger partial charge in [-0.15, -0.1) is 0 Å². The van der Waals surface area contributed by atoms with Gasteiger partial charge < -0.3 is 19.4 Å². The van der Waals surface area contributed by atoms with Crippen molar-refractivity contribution in [3.05, 3.63) is 64.3 Å². The molecule has 4 rings (SSSR count). The number of fused-ring (bicyclic) bond motifs is 1. The first kappa shape index (κ1) is 26.2. The number of hydrogen-bond acceptors (Lipinski definition) is 6. The zero-order valence-electron chi connectivity index (χ0n) is 20.6. The monoisotopic (exact) mass is 532 g/mol. The van der Waals surface area contributed by atoms with E-state index >= 15 is 0 Å². The Morgan fingerprint density at radius 2 is 1.86 bits per heavy atom. The van der Waals surface area contributed by atoms with Gasteiger partial charge in [0.25, 0.3) is 5.91 Å². The van der Waals surface area contributed by atoms with Crippen LogP contribution < -0.4 is 5.32 Å². The molecule has 0 radical (unpaired) electrons. The minimum atomic E-state index is -3.86. The molecule has 1 saturated heterocycles. The van der Waals surface area contributed by atoms with Gasteiger partial charge in [-0.1, -0.05) is 30.7 Å². The molecule has 1 aliphatic rings. The molecular formula is C26H29ClN2O6S. The Morgan fingerprint density at radius 3 is 2.47 bits per heavy atom. The number of halogens is 1. The number of aromatic nitrogens is 1. The molecule has 0 saturated carbocycles. The number of sulfone groups is 1. The lowest BCUT2D eigenvalue weighted by Crippen LogP contribution is -2.44. The molecule has 1 atom stereocenters. The summed E-state index contributed by atoms with van der Waals surface area (Å²) in [5, 5.41) is 4.32. The van der Waals surface area contributed by atoms with E-state index in [4.69, 9.17) is 21.1 Å². The zero-order valence-corrected chi connectivity index (χ0v) is 22.2. The normalized spacial score (nSPS) is 15.8. The molecule has 2 heterocycles. The van der Waals surface area contributed by atoms with Crippen LogP contribution in [0.2, 0.25) is 5.02 Å². The number of aryl methyl sites for hydroxylation is 2. The van der Waals surface area contributed by atoms with E-state index in [0.717, 1.165) is 22.0 Å². The molecule has 1 aromatic heterocycles. The van der Waals surface area contributed by atoms with Crippen LogP contribution in [-0.2, 0) is 31.2 Å². The minimum absolute atomic E-state index is 0.0126. The molecule has 8 nitrogen and oxygen atoms in total. The molecule has 192 valence electrons. The molecular weight excluding hydrogens is 504 g/mol. The predicted octanol–water partition coefficient (Wildman–Crippen LogP) is 3.98. The van der Waals surface area contributed by atoms with Gasteiger partial charge in [-0.2, -0.15) is 0 Å². The van der Waals surface area contributed by atoms with Crippen molar-refractivity contribution in [3.8, 4) is 0 Å². The maximum Gasteiger partial charge on any atom is 0.321 e. The lowest BCUT2D eigenvalue weighted by molar-refractivity contribution is -0.162. The summed E-state index contributed by atoms with van der Waals surface area (Å²) in [5.41, 5.74) is 2.79. The lowest BCUT2D eigenvalue weighted by atomic mass is 9.90. The quantitative estimate of drug-likeness (QED) is 0.440. The first-order valence-corrected chi connectivity index (χ1v) is 13.5. The molecule has 10 heteroatoms. The number of carbonyl (C=O) groups is 2. The molecule has 1 aliphatic heterocycles. The van der Waals surface area contributed by atoms with Crippen molar-refractivity contribution in [3.63, 3.8) is 0 Å². The Kier molecular flexibility index (Phi) is 7.19. The summed E-state index contributed by atoms with van der Waals surface area (Å²) in [6, 6.07) is 11.3. The Morgan fingerprint density at radius 1 is 1.19 bits per heavy atom. The predicted molar refractivity (Wildman–Crippen MR) is 137 cm³/mol. The van der Waals surface area contributed by atoms with Gasteiger partial charge in [0.05, 0.1) is 34.7 Å². The maximum atomic E-state index is 13.0. The SMILES string of the molecule is Cc1cc(Cl)c2cc(C(=O)NC(C)c3ccc(S(=O)(=O)CC(=O)OCC4(C)COC4)cc3)n(C)c2c1. The fourth-order valence-electron chi connectivity index (χ4n) is 4.12. The van der Waals surface area contributed by atoms with Gasteiger partial charge in [-0.3, -0.25) is 9.59 Å². The second-order valence-electron chi connectivity index (χ2n) is 9.76. The van der Waals surface area contributed by atoms with Crippen LogP contribution in [0.5, 0.6) is 0 Å². The Balaban J connectivity index is 1.41. The van der Waals surface area contributed by atoms with Crippen molar-refractivity contribution in [1.29, 1.82) is 0 Å². The Bertz CT molecular complexity index is 1420. The second kappa shape index (κ2) is 9.88. The van der Waals surface area contributed by atoms with Crippen LogP contribution >= 0.6 is 11.6 Å². The Labute approximate surface area is 215 Å². The largest absolute Gasteiger partial charge is 0.464 e. The molecule has 2 aromatic carbocycles. The molecule has 1 unspecified atom stereocenters. The van der Waals surface area contributed by atoms with Crippen molar-refractivity contribution in [1.82, 2.24) is 9.88 Å². The van der Waals surface area contributed by atoms with Gasteiger partial charge in [0.2, 0.25) is 0 Å². The van der Waals surface area contributed by atoms with Gasteiger partial charge in [0, 0.05) is 17.8 Å². The molecule has 0 spiro atoms. The number of hydrogen-bond donors (Lipinski definition) is 1. The van der Waals surface area contributed by atoms with Crippen LogP contribution in [0.1, 0.15) is 41.5 Å². The molecule has 1 amide bonds. The van der Waals surface area contributed by atoms with Crippen LogP contribution in [0.15, 0.2) is 47.4 Å². The number of nitrogens with zero attached hydrogens (tertiary/aromatic N) is 1. The number of benzene rings is 2. The first-order chi connectivity index (χ1) is 16.9. The second-order valence-corrected chi connectivity index (χ2v) is 12.2. The number of carbonyl (C=O) groups excluding carboxylic acids is 2. The third-order valence-corrected chi connectivity index (χ3v) is 8.28. The van der Waals surface area contributed by atoms with E-state index in [1.165, 1.54) is 12.1 Å². The summed E-state index contributed by atoms with van der Waals surface area (Å²) < 4.78 is 37.4. The third-order valence-electron chi connectivity index (χ3n) is 6.37. The van der Waals surface area contributed by atoms with Gasteiger partial charge in [0.15, 0.2) is 15.6 Å². The van der Waals surface area contributed by atoms with Crippen molar-refractivity contribution in [2.45, 2.75) is 31.7 Å². The number of rotatable bonds is 8. The van der Waals surface area contributed by atoms with E-state index in [1.807, 2.05) is 40.0 Å². The fraction of sp³-hybridized carbons (Fsp3) is 0.385. The minimum Gasteiger partial charge on any atom is -0.464 e. The summed E-state index contributed by atoms with van der Waals surface area (Å²) in [4.78, 5) is 25.1. The van der Waals surface area contributed by atoms with Crippen LogP contribution in [0.4, 0.5) is 0 Å². The van der Waals surface area contributed by atoms with Gasteiger partial charge in [-0.25, -0.2) is 8.42 Å². The maximum absolute atomic E-state index is 13.0. The van der Waals surface area contributed by atoms with Crippen LogP contribution in [-0.4, -0.2) is 50.4 Å². The molecule has 1 N–H and O–H groups in total. The molecule has 36 heavy (non-hydrogen) atoms. The number of esters is 1. The van der Waals surface area contributed by atoms with Crippen molar-refractivity contribution >= 4 is 44.2 Å². The smallest absolute Gasteiger partial charge is 0.321 e. The number of ether oxygens (including phenoxy) is 2. The van der Waals surface area contributed by atoms with Crippen molar-refractivity contribution in [2.24, 2.45) is 12.5 Å². The first-order valence-electron chi connectivity index (χ1n) is 11.5. The summed E-state index contributed by atoms with van der Waals surface area (Å²) in [5.74, 6) is -1.81. The number of amides is 1. The van der Waals surface area contributed by atoms with E-state index in [9.17, 15) is 18.0 Å². The molecule has 0 aliphatic carbocycles. The summed E-state index contributed by atoms with van der Waals surface area (Å²) >= 11 is 6.36. The van der Waals surface area contributed by atoms with Gasteiger partial charge in [0.1, 0.15) is 12.3 Å². The topological polar surface area (TPSA) is 104 Å². The van der Waals surface area contributed by atoms with Crippen LogP contribution in [0.3, 0.4) is 0 Å². The van der Waals surface area contributed by atoms with E-state index in [0.29, 0.717) is 23.9 Å². The Hall–Kier alpha value is -2.88. The van der Waals surface area contributed by atoms with Gasteiger partial charge >= 0.3 is 5.97 Å². The highest BCUT2D eigenvalue weighted by molar-refractivity contribution is 7.92. The zero-order chi connectivity index (χ0) is 26.3. The highest BCUT2D eigenvalue weighted by Crippen LogP contribution is 2.29. The van der Waals surface area contributed by atoms with E-state index in [2.05, 4.69) is 5.32 Å². The highest BCUT2D eigenvalue weighted by Gasteiger charge is 2.35. The van der Waals surface area contributed by atoms with Crippen molar-refractivity contribution < 1.29 is 27.5 Å². The summed E-state index contributed by atoms with van der Waals surface area (Å²) in [6.45, 7) is 6.75. The van der Waals surface area contributed by atoms with Crippen LogP contribution in [0, 0.1) is 12.3 Å². The molecule has 3 aromatic rings. The van der Waals surface area contributed by atoms with E-state index < -0.39 is 21.6 Å². The summed E-state index contributed by atoms with van der Waals surface area (Å²) in [7, 11) is -2.05. The van der Waals surface area contributed by atoms with Gasteiger partial charge in [-0.05, 0) is 55.3 Å². The van der Waals surface area contributed by atoms with E-state index in [-0.39, 0.29) is 28.9 Å². The number of nitrogens with one attached hydrogen (secondary N) is 1. The van der Waals surface area contributed by atoms with Crippen molar-refractivity contribution in [2.75, 3.05) is 25.6 Å². The highest BCUT2D eigenvalue weighted by atomic mass is 35.5. The average Bonchev–Trinajstić information content (AvgIpc) is 3.13. The summed E-state index contributed by atoms with van der Waals surface area (Å²) in [6.07, 6.45) is 0. The van der Waals surface area contributed by atoms with E-state index in [1.54, 1.807) is 22.8 Å². The fourth-order valence-corrected chi connectivity index (χ4v) is 5.56. The van der Waals surface area contributed by atoms with Crippen LogP contribution in [0.25, 0.3) is 10.9 Å². The average molecular weight is 533 g/mol. The third kappa shape index (κ3) is 5.43. The lowest BCUT2D eigenvalue weighted by Gasteiger charge is -2.37. The molecule has 1 fully saturated rings.